The molecule has 3 heteroatoms. The van der Waals surface area contributed by atoms with Crippen molar-refractivity contribution < 1.29 is 9.50 Å². The number of hydrogen-bond acceptors (Lipinski definition) is 2. The first-order valence-corrected chi connectivity index (χ1v) is 3.24. The summed E-state index contributed by atoms with van der Waals surface area (Å²) in [5.41, 5.74) is 0.426. The van der Waals surface area contributed by atoms with Crippen LogP contribution in [-0.4, -0.2) is 5.11 Å². The van der Waals surface area contributed by atoms with E-state index in [1.54, 1.807) is 19.1 Å². The summed E-state index contributed by atoms with van der Waals surface area (Å²) in [5.74, 6) is -0.962. The molecule has 0 fully saturated rings. The lowest BCUT2D eigenvalue weighted by Crippen LogP contribution is -1.82. The standard InChI is InChI=1S/C7H7FOS/c1-4-2-3-5(10)7(9)6(4)8/h2-3,9-10H,1H3. The van der Waals surface area contributed by atoms with Crippen molar-refractivity contribution in [3.05, 3.63) is 23.5 Å². The van der Waals surface area contributed by atoms with E-state index in [0.717, 1.165) is 0 Å². The van der Waals surface area contributed by atoms with Crippen molar-refractivity contribution in [1.82, 2.24) is 0 Å². The highest BCUT2D eigenvalue weighted by molar-refractivity contribution is 7.80. The number of thiol groups is 1. The maximum Gasteiger partial charge on any atom is 0.168 e. The molecule has 1 aromatic rings. The van der Waals surface area contributed by atoms with Crippen molar-refractivity contribution >= 4 is 12.6 Å². The fourth-order valence-corrected chi connectivity index (χ4v) is 0.828. The first-order chi connectivity index (χ1) is 4.63. The van der Waals surface area contributed by atoms with Crippen LogP contribution in [0.25, 0.3) is 0 Å². The van der Waals surface area contributed by atoms with Crippen molar-refractivity contribution in [3.63, 3.8) is 0 Å². The number of aryl methyl sites for hydroxylation is 1. The van der Waals surface area contributed by atoms with E-state index in [4.69, 9.17) is 5.11 Å². The molecule has 54 valence electrons. The zero-order valence-corrected chi connectivity index (χ0v) is 6.32. The lowest BCUT2D eigenvalue weighted by atomic mass is 10.2. The highest BCUT2D eigenvalue weighted by Crippen LogP contribution is 2.26. The number of rotatable bonds is 0. The van der Waals surface area contributed by atoms with E-state index >= 15 is 0 Å². The SMILES string of the molecule is Cc1ccc(S)c(O)c1F. The third-order valence-electron chi connectivity index (χ3n) is 1.29. The molecule has 0 saturated carbocycles. The van der Waals surface area contributed by atoms with Crippen molar-refractivity contribution in [1.29, 1.82) is 0 Å². The molecule has 0 amide bonds. The minimum atomic E-state index is -0.590. The van der Waals surface area contributed by atoms with Crippen LogP contribution in [0, 0.1) is 12.7 Å². The predicted molar refractivity (Wildman–Crippen MR) is 40.1 cm³/mol. The Kier molecular flexibility index (Phi) is 1.85. The first kappa shape index (κ1) is 7.41. The maximum absolute atomic E-state index is 12.7. The summed E-state index contributed by atoms with van der Waals surface area (Å²) in [6, 6.07) is 3.12. The summed E-state index contributed by atoms with van der Waals surface area (Å²) in [6.45, 7) is 1.59. The van der Waals surface area contributed by atoms with Crippen LogP contribution in [0.1, 0.15) is 5.56 Å². The van der Waals surface area contributed by atoms with Gasteiger partial charge in [-0.2, -0.15) is 0 Å². The third-order valence-corrected chi connectivity index (χ3v) is 1.65. The summed E-state index contributed by atoms with van der Waals surface area (Å²) >= 11 is 3.82. The largest absolute Gasteiger partial charge is 0.504 e. The molecule has 0 atom stereocenters. The lowest BCUT2D eigenvalue weighted by molar-refractivity contribution is 0.418. The molecule has 1 aromatic carbocycles. The minimum absolute atomic E-state index is 0.267. The van der Waals surface area contributed by atoms with Gasteiger partial charge in [0.15, 0.2) is 11.6 Å². The summed E-state index contributed by atoms with van der Waals surface area (Å²) in [7, 11) is 0. The fraction of sp³-hybridized carbons (Fsp3) is 0.143. The number of phenolic OH excluding ortho intramolecular Hbond substituents is 1. The predicted octanol–water partition coefficient (Wildman–Crippen LogP) is 2.13. The molecule has 0 radical (unpaired) electrons. The molecule has 0 aliphatic carbocycles. The fourth-order valence-electron chi connectivity index (χ4n) is 0.655. The van der Waals surface area contributed by atoms with Crippen LogP contribution in [-0.2, 0) is 0 Å². The molecule has 0 aromatic heterocycles. The Balaban J connectivity index is 3.34. The molecule has 1 N–H and O–H groups in total. The number of halogens is 1. The highest BCUT2D eigenvalue weighted by atomic mass is 32.1. The normalized spacial score (nSPS) is 9.90. The summed E-state index contributed by atoms with van der Waals surface area (Å²) in [5, 5.41) is 8.94. The summed E-state index contributed by atoms with van der Waals surface area (Å²) in [4.78, 5) is 0.267. The van der Waals surface area contributed by atoms with Gasteiger partial charge in [-0.1, -0.05) is 6.07 Å². The van der Waals surface area contributed by atoms with Gasteiger partial charge in [0.05, 0.1) is 0 Å². The van der Waals surface area contributed by atoms with Crippen LogP contribution >= 0.6 is 12.6 Å². The van der Waals surface area contributed by atoms with E-state index in [1.165, 1.54) is 0 Å². The van der Waals surface area contributed by atoms with Crippen molar-refractivity contribution in [2.45, 2.75) is 11.8 Å². The molecule has 0 aliphatic heterocycles. The van der Waals surface area contributed by atoms with Crippen LogP contribution in [0.5, 0.6) is 5.75 Å². The molecule has 1 nitrogen and oxygen atoms in total. The second kappa shape index (κ2) is 2.50. The van der Waals surface area contributed by atoms with Gasteiger partial charge in [-0.25, -0.2) is 4.39 Å². The monoisotopic (exact) mass is 158 g/mol. The van der Waals surface area contributed by atoms with Crippen LogP contribution in [0.2, 0.25) is 0 Å². The first-order valence-electron chi connectivity index (χ1n) is 2.80. The van der Waals surface area contributed by atoms with Crippen molar-refractivity contribution in [2.24, 2.45) is 0 Å². The third kappa shape index (κ3) is 1.09. The van der Waals surface area contributed by atoms with Gasteiger partial charge in [-0.3, -0.25) is 0 Å². The molecule has 0 unspecified atom stereocenters. The quantitative estimate of drug-likeness (QED) is 0.554. The summed E-state index contributed by atoms with van der Waals surface area (Å²) < 4.78 is 12.7. The zero-order chi connectivity index (χ0) is 7.72. The maximum atomic E-state index is 12.7. The number of hydrogen-bond donors (Lipinski definition) is 2. The van der Waals surface area contributed by atoms with E-state index in [1.807, 2.05) is 0 Å². The molecule has 0 saturated heterocycles. The zero-order valence-electron chi connectivity index (χ0n) is 5.43. The van der Waals surface area contributed by atoms with E-state index in [-0.39, 0.29) is 10.6 Å². The van der Waals surface area contributed by atoms with Gasteiger partial charge in [-0.15, -0.1) is 12.6 Å². The van der Waals surface area contributed by atoms with Crippen LogP contribution in [0.15, 0.2) is 17.0 Å². The lowest BCUT2D eigenvalue weighted by Gasteiger charge is -2.00. The van der Waals surface area contributed by atoms with Crippen LogP contribution in [0.3, 0.4) is 0 Å². The molecule has 10 heavy (non-hydrogen) atoms. The number of phenols is 1. The number of aromatic hydroxyl groups is 1. The van der Waals surface area contributed by atoms with E-state index in [9.17, 15) is 4.39 Å². The topological polar surface area (TPSA) is 20.2 Å². The molecule has 0 heterocycles. The Hall–Kier alpha value is -0.700. The van der Waals surface area contributed by atoms with E-state index in [0.29, 0.717) is 5.56 Å². The van der Waals surface area contributed by atoms with E-state index < -0.39 is 5.82 Å². The van der Waals surface area contributed by atoms with Gasteiger partial charge in [-0.05, 0) is 18.6 Å². The highest BCUT2D eigenvalue weighted by Gasteiger charge is 2.05. The molecule has 1 rings (SSSR count). The van der Waals surface area contributed by atoms with Crippen LogP contribution in [0.4, 0.5) is 4.39 Å². The second-order valence-corrected chi connectivity index (χ2v) is 2.55. The van der Waals surface area contributed by atoms with Gasteiger partial charge >= 0.3 is 0 Å². The Labute approximate surface area is 63.9 Å². The van der Waals surface area contributed by atoms with Gasteiger partial charge < -0.3 is 5.11 Å². The van der Waals surface area contributed by atoms with Crippen molar-refractivity contribution in [2.75, 3.05) is 0 Å². The Bertz CT molecular complexity index is 233. The van der Waals surface area contributed by atoms with E-state index in [2.05, 4.69) is 12.6 Å². The Morgan fingerprint density at radius 1 is 1.50 bits per heavy atom. The van der Waals surface area contributed by atoms with Gasteiger partial charge in [0, 0.05) is 4.90 Å². The molecular formula is C7H7FOS. The van der Waals surface area contributed by atoms with Gasteiger partial charge in [0.25, 0.3) is 0 Å². The Morgan fingerprint density at radius 2 is 2.10 bits per heavy atom. The van der Waals surface area contributed by atoms with Crippen molar-refractivity contribution in [3.8, 4) is 5.75 Å². The molecule has 0 spiro atoms. The van der Waals surface area contributed by atoms with Gasteiger partial charge in [0.1, 0.15) is 0 Å². The summed E-state index contributed by atoms with van der Waals surface area (Å²) in [6.07, 6.45) is 0. The van der Waals surface area contributed by atoms with Crippen LogP contribution < -0.4 is 0 Å². The molecular weight excluding hydrogens is 151 g/mol. The average molecular weight is 158 g/mol. The van der Waals surface area contributed by atoms with Gasteiger partial charge in [0.2, 0.25) is 0 Å². The minimum Gasteiger partial charge on any atom is -0.504 e. The Morgan fingerprint density at radius 3 is 2.60 bits per heavy atom. The second-order valence-electron chi connectivity index (χ2n) is 2.06. The molecule has 0 aliphatic rings. The average Bonchev–Trinajstić information content (AvgIpc) is 1.93. The number of benzene rings is 1. The smallest absolute Gasteiger partial charge is 0.168 e. The molecule has 0 bridgehead atoms.